The number of benzene rings is 1. The molecule has 78 valence electrons. The van der Waals surface area contributed by atoms with Crippen LogP contribution in [0.15, 0.2) is 21.5 Å². The molecule has 1 aromatic rings. The van der Waals surface area contributed by atoms with Gasteiger partial charge in [0.25, 0.3) is 0 Å². The molecule has 0 fully saturated rings. The fourth-order valence-electron chi connectivity index (χ4n) is 0.857. The molecule has 0 bridgehead atoms. The molecule has 1 rings (SSSR count). The minimum atomic E-state index is -3.63. The lowest BCUT2D eigenvalue weighted by Crippen LogP contribution is -2.19. The van der Waals surface area contributed by atoms with Crippen LogP contribution < -0.4 is 4.72 Å². The first-order chi connectivity index (χ1) is 6.40. The maximum Gasteiger partial charge on any atom is 0.243 e. The molecule has 0 unspecified atom stereocenters. The third kappa shape index (κ3) is 2.23. The number of halogens is 3. The fraction of sp³-hybridized carbons (Fsp3) is 0.143. The maximum absolute atomic E-state index is 11.5. The van der Waals surface area contributed by atoms with Crippen molar-refractivity contribution in [1.29, 1.82) is 0 Å². The molecule has 0 radical (unpaired) electrons. The van der Waals surface area contributed by atoms with Gasteiger partial charge in [0.1, 0.15) is 4.90 Å². The van der Waals surface area contributed by atoms with Crippen LogP contribution in [0.3, 0.4) is 0 Å². The van der Waals surface area contributed by atoms with Gasteiger partial charge in [0.05, 0.1) is 10.0 Å². The van der Waals surface area contributed by atoms with Crippen LogP contribution in [0.5, 0.6) is 0 Å². The SMILES string of the molecule is CNS(=O)(=O)c1c(Cl)ccc(Br)c1Cl. The van der Waals surface area contributed by atoms with Gasteiger partial charge in [0, 0.05) is 4.47 Å². The smallest absolute Gasteiger partial charge is 0.214 e. The maximum atomic E-state index is 11.5. The summed E-state index contributed by atoms with van der Waals surface area (Å²) in [6.45, 7) is 0. The minimum Gasteiger partial charge on any atom is -0.214 e. The van der Waals surface area contributed by atoms with E-state index in [1.807, 2.05) is 0 Å². The molecular weight excluding hydrogens is 313 g/mol. The highest BCUT2D eigenvalue weighted by Gasteiger charge is 2.21. The monoisotopic (exact) mass is 317 g/mol. The second kappa shape index (κ2) is 4.37. The van der Waals surface area contributed by atoms with Crippen molar-refractivity contribution in [3.8, 4) is 0 Å². The normalized spacial score (nSPS) is 11.7. The van der Waals surface area contributed by atoms with Gasteiger partial charge in [-0.25, -0.2) is 13.1 Å². The number of hydrogen-bond acceptors (Lipinski definition) is 2. The van der Waals surface area contributed by atoms with Crippen LogP contribution in [0.2, 0.25) is 10.0 Å². The second-order valence-electron chi connectivity index (χ2n) is 2.38. The highest BCUT2D eigenvalue weighted by molar-refractivity contribution is 9.10. The first-order valence-corrected chi connectivity index (χ1v) is 6.50. The Bertz CT molecular complexity index is 461. The Morgan fingerprint density at radius 2 is 1.93 bits per heavy atom. The average molecular weight is 319 g/mol. The second-order valence-corrected chi connectivity index (χ2v) is 5.84. The van der Waals surface area contributed by atoms with E-state index in [2.05, 4.69) is 20.7 Å². The van der Waals surface area contributed by atoms with E-state index in [9.17, 15) is 8.42 Å². The van der Waals surface area contributed by atoms with Gasteiger partial charge in [-0.1, -0.05) is 23.2 Å². The van der Waals surface area contributed by atoms with Crippen molar-refractivity contribution in [3.63, 3.8) is 0 Å². The third-order valence-electron chi connectivity index (χ3n) is 1.54. The van der Waals surface area contributed by atoms with E-state index in [4.69, 9.17) is 23.2 Å². The van der Waals surface area contributed by atoms with Crippen molar-refractivity contribution < 1.29 is 8.42 Å². The first kappa shape index (κ1) is 12.3. The van der Waals surface area contributed by atoms with E-state index < -0.39 is 10.0 Å². The van der Waals surface area contributed by atoms with E-state index in [0.717, 1.165) is 0 Å². The summed E-state index contributed by atoms with van der Waals surface area (Å²) in [6, 6.07) is 3.04. The topological polar surface area (TPSA) is 46.2 Å². The summed E-state index contributed by atoms with van der Waals surface area (Å²) in [6.07, 6.45) is 0. The summed E-state index contributed by atoms with van der Waals surface area (Å²) >= 11 is 14.7. The first-order valence-electron chi connectivity index (χ1n) is 3.47. The van der Waals surface area contributed by atoms with E-state index in [1.165, 1.54) is 13.1 Å². The molecule has 0 spiro atoms. The summed E-state index contributed by atoms with van der Waals surface area (Å²) in [7, 11) is -2.33. The molecule has 0 aromatic heterocycles. The van der Waals surface area contributed by atoms with Crippen LogP contribution in [0.1, 0.15) is 0 Å². The Kier molecular flexibility index (Phi) is 3.82. The van der Waals surface area contributed by atoms with Gasteiger partial charge < -0.3 is 0 Å². The quantitative estimate of drug-likeness (QED) is 0.852. The summed E-state index contributed by atoms with van der Waals surface area (Å²) in [5.74, 6) is 0. The molecule has 0 amide bonds. The van der Waals surface area contributed by atoms with Gasteiger partial charge in [-0.3, -0.25) is 0 Å². The van der Waals surface area contributed by atoms with Gasteiger partial charge in [-0.15, -0.1) is 0 Å². The molecule has 0 saturated carbocycles. The molecule has 0 heterocycles. The predicted molar refractivity (Wildman–Crippen MR) is 60.4 cm³/mol. The largest absolute Gasteiger partial charge is 0.243 e. The zero-order chi connectivity index (χ0) is 10.9. The molecule has 14 heavy (non-hydrogen) atoms. The molecule has 1 aromatic carbocycles. The standard InChI is InChI=1S/C7H6BrCl2NO2S/c1-11-14(12,13)7-5(9)3-2-4(8)6(7)10/h2-3,11H,1H3. The molecule has 0 aliphatic rings. The fourth-order valence-corrected chi connectivity index (χ4v) is 3.17. The van der Waals surface area contributed by atoms with Crippen molar-refractivity contribution in [1.82, 2.24) is 4.72 Å². The van der Waals surface area contributed by atoms with Crippen LogP contribution in [0.4, 0.5) is 0 Å². The average Bonchev–Trinajstić information content (AvgIpc) is 2.12. The predicted octanol–water partition coefficient (Wildman–Crippen LogP) is 2.66. The molecule has 0 aliphatic carbocycles. The number of rotatable bonds is 2. The number of nitrogens with one attached hydrogen (secondary N) is 1. The Hall–Kier alpha value is 0.190. The minimum absolute atomic E-state index is 0.0758. The highest BCUT2D eigenvalue weighted by atomic mass is 79.9. The zero-order valence-corrected chi connectivity index (χ0v) is 10.9. The Balaban J connectivity index is 3.56. The van der Waals surface area contributed by atoms with Crippen molar-refractivity contribution in [2.75, 3.05) is 7.05 Å². The summed E-state index contributed by atoms with van der Waals surface area (Å²) in [5.41, 5.74) is 0. The van der Waals surface area contributed by atoms with Gasteiger partial charge in [-0.2, -0.15) is 0 Å². The van der Waals surface area contributed by atoms with Gasteiger partial charge in [0.15, 0.2) is 0 Å². The molecule has 0 aliphatic heterocycles. The summed E-state index contributed by atoms with van der Waals surface area (Å²) < 4.78 is 25.6. The molecule has 0 atom stereocenters. The van der Waals surface area contributed by atoms with Crippen molar-refractivity contribution in [2.24, 2.45) is 0 Å². The Labute approximate surface area is 101 Å². The van der Waals surface area contributed by atoms with Crippen molar-refractivity contribution in [2.45, 2.75) is 4.90 Å². The molecule has 7 heteroatoms. The van der Waals surface area contributed by atoms with Crippen molar-refractivity contribution >= 4 is 49.2 Å². The number of hydrogen-bond donors (Lipinski definition) is 1. The van der Waals surface area contributed by atoms with Crippen LogP contribution in [-0.4, -0.2) is 15.5 Å². The van der Waals surface area contributed by atoms with E-state index in [1.54, 1.807) is 6.07 Å². The summed E-state index contributed by atoms with van der Waals surface area (Å²) in [4.78, 5) is -0.113. The lowest BCUT2D eigenvalue weighted by molar-refractivity contribution is 0.588. The van der Waals surface area contributed by atoms with Crippen LogP contribution >= 0.6 is 39.1 Å². The van der Waals surface area contributed by atoms with Gasteiger partial charge in [0.2, 0.25) is 10.0 Å². The summed E-state index contributed by atoms with van der Waals surface area (Å²) in [5, 5.41) is 0.166. The number of sulfonamides is 1. The van der Waals surface area contributed by atoms with E-state index in [0.29, 0.717) is 4.47 Å². The molecule has 1 N–H and O–H groups in total. The zero-order valence-electron chi connectivity index (χ0n) is 7.01. The van der Waals surface area contributed by atoms with Crippen LogP contribution in [-0.2, 0) is 10.0 Å². The van der Waals surface area contributed by atoms with Crippen molar-refractivity contribution in [3.05, 3.63) is 26.7 Å². The molecular formula is C7H6BrCl2NO2S. The Morgan fingerprint density at radius 3 is 2.43 bits per heavy atom. The Morgan fingerprint density at radius 1 is 1.36 bits per heavy atom. The van der Waals surface area contributed by atoms with Crippen LogP contribution in [0, 0.1) is 0 Å². The van der Waals surface area contributed by atoms with E-state index in [-0.39, 0.29) is 14.9 Å². The third-order valence-corrected chi connectivity index (χ3v) is 4.86. The van der Waals surface area contributed by atoms with Gasteiger partial charge >= 0.3 is 0 Å². The lowest BCUT2D eigenvalue weighted by atomic mass is 10.4. The van der Waals surface area contributed by atoms with Gasteiger partial charge in [-0.05, 0) is 35.1 Å². The molecule has 0 saturated heterocycles. The van der Waals surface area contributed by atoms with E-state index >= 15 is 0 Å². The highest BCUT2D eigenvalue weighted by Crippen LogP contribution is 2.34. The molecule has 3 nitrogen and oxygen atoms in total. The lowest BCUT2D eigenvalue weighted by Gasteiger charge is -2.08. The van der Waals surface area contributed by atoms with Crippen LogP contribution in [0.25, 0.3) is 0 Å².